The van der Waals surface area contributed by atoms with Crippen molar-refractivity contribution in [1.82, 2.24) is 19.5 Å². The normalized spacial score (nSPS) is 27.1. The molecule has 0 radical (unpaired) electrons. The molecule has 2 aromatic rings. The van der Waals surface area contributed by atoms with Crippen LogP contribution in [0.15, 0.2) is 12.7 Å². The van der Waals surface area contributed by atoms with Crippen LogP contribution in [0.4, 0.5) is 5.82 Å². The molecule has 1 fully saturated rings. The maximum Gasteiger partial charge on any atom is 0.167 e. The minimum atomic E-state index is -1.26. The Morgan fingerprint density at radius 3 is 3.00 bits per heavy atom. The highest BCUT2D eigenvalue weighted by Gasteiger charge is 2.40. The highest BCUT2D eigenvalue weighted by Crippen LogP contribution is 2.32. The van der Waals surface area contributed by atoms with Gasteiger partial charge in [0.1, 0.15) is 24.1 Å². The summed E-state index contributed by atoms with van der Waals surface area (Å²) in [6, 6.07) is 0. The number of ether oxygens (including phenoxy) is 1. The summed E-state index contributed by atoms with van der Waals surface area (Å²) in [5.41, 5.74) is 6.53. The molecule has 2 aromatic heterocycles. The van der Waals surface area contributed by atoms with Gasteiger partial charge in [-0.05, 0) is 6.92 Å². The molecule has 1 unspecified atom stereocenters. The van der Waals surface area contributed by atoms with Crippen LogP contribution in [0.3, 0.4) is 0 Å². The molecule has 0 spiro atoms. The molecule has 0 aromatic carbocycles. The second-order valence-electron chi connectivity index (χ2n) is 5.01. The number of aliphatic hydroxyl groups excluding tert-OH is 2. The second-order valence-corrected chi connectivity index (χ2v) is 5.01. The van der Waals surface area contributed by atoms with E-state index in [0.29, 0.717) is 11.2 Å². The lowest BCUT2D eigenvalue weighted by atomic mass is 10.1. The largest absolute Gasteiger partial charge is 0.388 e. The zero-order chi connectivity index (χ0) is 15.1. The van der Waals surface area contributed by atoms with Crippen molar-refractivity contribution in [2.45, 2.75) is 37.9 Å². The molecule has 9 nitrogen and oxygen atoms in total. The van der Waals surface area contributed by atoms with E-state index in [2.05, 4.69) is 15.0 Å². The molecule has 112 valence electrons. The van der Waals surface area contributed by atoms with Crippen LogP contribution in [0.5, 0.6) is 0 Å². The zero-order valence-corrected chi connectivity index (χ0v) is 11.2. The average molecular weight is 293 g/mol. The van der Waals surface area contributed by atoms with E-state index < -0.39 is 30.3 Å². The van der Waals surface area contributed by atoms with Gasteiger partial charge in [-0.15, -0.1) is 0 Å². The number of imidazole rings is 1. The summed E-state index contributed by atoms with van der Waals surface area (Å²) in [7, 11) is 0. The fourth-order valence-electron chi connectivity index (χ4n) is 2.45. The summed E-state index contributed by atoms with van der Waals surface area (Å²) in [6.07, 6.45) is -0.837. The van der Waals surface area contributed by atoms with Crippen LogP contribution in [0.25, 0.3) is 11.2 Å². The maximum atomic E-state index is 11.2. The molecule has 0 amide bonds. The van der Waals surface area contributed by atoms with E-state index in [1.165, 1.54) is 24.1 Å². The fourth-order valence-corrected chi connectivity index (χ4v) is 2.45. The highest BCUT2D eigenvalue weighted by molar-refractivity contribution is 5.81. The summed E-state index contributed by atoms with van der Waals surface area (Å²) in [4.78, 5) is 23.2. The first-order valence-electron chi connectivity index (χ1n) is 6.44. The molecule has 0 aliphatic carbocycles. The lowest BCUT2D eigenvalue weighted by Crippen LogP contribution is -2.32. The Morgan fingerprint density at radius 1 is 1.52 bits per heavy atom. The quantitative estimate of drug-likeness (QED) is 0.656. The van der Waals surface area contributed by atoms with Gasteiger partial charge in [0.05, 0.1) is 12.4 Å². The number of nitrogens with zero attached hydrogens (tertiary/aromatic N) is 4. The first-order chi connectivity index (χ1) is 9.99. The van der Waals surface area contributed by atoms with Gasteiger partial charge in [0, 0.05) is 6.42 Å². The number of fused-ring (bicyclic) bond motifs is 1. The molecule has 1 aliphatic heterocycles. The highest BCUT2D eigenvalue weighted by atomic mass is 16.5. The van der Waals surface area contributed by atoms with Crippen LogP contribution < -0.4 is 5.73 Å². The molecule has 0 bridgehead atoms. The molecule has 4 atom stereocenters. The Balaban J connectivity index is 1.93. The van der Waals surface area contributed by atoms with Gasteiger partial charge in [-0.25, -0.2) is 15.0 Å². The number of aliphatic hydroxyl groups is 2. The van der Waals surface area contributed by atoms with Gasteiger partial charge in [0.15, 0.2) is 23.5 Å². The van der Waals surface area contributed by atoms with Gasteiger partial charge in [0.25, 0.3) is 0 Å². The number of carbonyl (C=O) groups is 1. The monoisotopic (exact) mass is 293 g/mol. The van der Waals surface area contributed by atoms with Crippen molar-refractivity contribution < 1.29 is 19.7 Å². The second kappa shape index (κ2) is 5.02. The van der Waals surface area contributed by atoms with Gasteiger partial charge < -0.3 is 20.7 Å². The number of carbonyl (C=O) groups excluding carboxylic acids is 1. The Morgan fingerprint density at radius 2 is 2.29 bits per heavy atom. The topological polar surface area (TPSA) is 136 Å². The third-order valence-electron chi connectivity index (χ3n) is 3.55. The lowest BCUT2D eigenvalue weighted by molar-refractivity contribution is -0.135. The van der Waals surface area contributed by atoms with Crippen molar-refractivity contribution in [2.24, 2.45) is 0 Å². The Kier molecular flexibility index (Phi) is 3.32. The molecule has 1 aliphatic rings. The Labute approximate surface area is 119 Å². The lowest BCUT2D eigenvalue weighted by Gasteiger charge is -2.18. The third-order valence-corrected chi connectivity index (χ3v) is 3.55. The number of rotatable bonds is 3. The summed E-state index contributed by atoms with van der Waals surface area (Å²) in [6.45, 7) is 1.27. The van der Waals surface area contributed by atoms with E-state index >= 15 is 0 Å². The Hall–Kier alpha value is -2.10. The van der Waals surface area contributed by atoms with Gasteiger partial charge in [-0.2, -0.15) is 0 Å². The number of aromatic nitrogens is 4. The van der Waals surface area contributed by atoms with Gasteiger partial charge in [0.2, 0.25) is 0 Å². The van der Waals surface area contributed by atoms with Crippen molar-refractivity contribution in [3.8, 4) is 0 Å². The number of hydrogen-bond acceptors (Lipinski definition) is 8. The van der Waals surface area contributed by atoms with Crippen LogP contribution in [0.2, 0.25) is 0 Å². The molecule has 1 saturated heterocycles. The number of Topliss-reactive ketones (excluding diaryl/α,β-unsaturated/α-hetero) is 1. The standard InChI is InChI=1S/C12H15N5O4/c1-5(18)9(20)7-2-6(19)12(21-7)17-4-16-8-10(13)14-3-15-11(8)17/h3-4,6-7,9,12,19-20H,2H2,1H3,(H2,13,14,15)/t6-,7+,9?,12-/m1/s1. The van der Waals surface area contributed by atoms with E-state index in [4.69, 9.17) is 10.5 Å². The smallest absolute Gasteiger partial charge is 0.167 e. The molecule has 9 heteroatoms. The number of ketones is 1. The molecule has 21 heavy (non-hydrogen) atoms. The Bertz CT molecular complexity index is 687. The molecule has 0 saturated carbocycles. The predicted octanol–water partition coefficient (Wildman–Crippen LogP) is -0.993. The molecular formula is C12H15N5O4. The van der Waals surface area contributed by atoms with Gasteiger partial charge in [-0.1, -0.05) is 0 Å². The van der Waals surface area contributed by atoms with E-state index in [-0.39, 0.29) is 12.2 Å². The molecule has 3 heterocycles. The van der Waals surface area contributed by atoms with Crippen molar-refractivity contribution in [2.75, 3.05) is 5.73 Å². The number of nitrogens with two attached hydrogens (primary N) is 1. The van der Waals surface area contributed by atoms with Crippen LogP contribution in [0, 0.1) is 0 Å². The third kappa shape index (κ3) is 2.24. The van der Waals surface area contributed by atoms with Gasteiger partial charge in [-0.3, -0.25) is 9.36 Å². The van der Waals surface area contributed by atoms with Crippen LogP contribution in [-0.4, -0.2) is 53.8 Å². The van der Waals surface area contributed by atoms with Crippen LogP contribution in [-0.2, 0) is 9.53 Å². The number of nitrogen functional groups attached to an aromatic ring is 1. The first-order valence-corrected chi connectivity index (χ1v) is 6.44. The van der Waals surface area contributed by atoms with Gasteiger partial charge >= 0.3 is 0 Å². The maximum absolute atomic E-state index is 11.2. The average Bonchev–Trinajstić information content (AvgIpc) is 3.02. The fraction of sp³-hybridized carbons (Fsp3) is 0.500. The van der Waals surface area contributed by atoms with Crippen molar-refractivity contribution in [1.29, 1.82) is 0 Å². The summed E-state index contributed by atoms with van der Waals surface area (Å²) < 4.78 is 7.11. The molecular weight excluding hydrogens is 278 g/mol. The van der Waals surface area contributed by atoms with E-state index in [0.717, 1.165) is 0 Å². The summed E-state index contributed by atoms with van der Waals surface area (Å²) in [5.74, 6) is -0.179. The predicted molar refractivity (Wildman–Crippen MR) is 71.0 cm³/mol. The van der Waals surface area contributed by atoms with E-state index in [9.17, 15) is 15.0 Å². The number of anilines is 1. The summed E-state index contributed by atoms with van der Waals surface area (Å²) >= 11 is 0. The minimum absolute atomic E-state index is 0.144. The van der Waals surface area contributed by atoms with Crippen molar-refractivity contribution >= 4 is 22.8 Å². The SMILES string of the molecule is CC(=O)C(O)[C@@H]1C[C@@H](O)[C@H](n2cnc3c(N)ncnc32)O1. The molecule has 4 N–H and O–H groups in total. The first kappa shape index (κ1) is 13.9. The molecule has 3 rings (SSSR count). The van der Waals surface area contributed by atoms with Crippen molar-refractivity contribution in [3.63, 3.8) is 0 Å². The zero-order valence-electron chi connectivity index (χ0n) is 11.2. The van der Waals surface area contributed by atoms with Crippen LogP contribution >= 0.6 is 0 Å². The van der Waals surface area contributed by atoms with E-state index in [1.807, 2.05) is 0 Å². The minimum Gasteiger partial charge on any atom is -0.388 e. The number of hydrogen-bond donors (Lipinski definition) is 3. The summed E-state index contributed by atoms with van der Waals surface area (Å²) in [5, 5.41) is 19.9. The van der Waals surface area contributed by atoms with Crippen LogP contribution in [0.1, 0.15) is 19.6 Å². The van der Waals surface area contributed by atoms with E-state index in [1.54, 1.807) is 0 Å². The van der Waals surface area contributed by atoms with Crippen molar-refractivity contribution in [3.05, 3.63) is 12.7 Å².